The number of nitrogens with zero attached hydrogens (tertiary/aromatic N) is 2. The molecule has 1 aliphatic rings. The van der Waals surface area contributed by atoms with Gasteiger partial charge in [-0.05, 0) is 43.7 Å². The van der Waals surface area contributed by atoms with Crippen molar-refractivity contribution < 1.29 is 13.9 Å². The fourth-order valence-corrected chi connectivity index (χ4v) is 3.23. The molecular formula is C19H26N2O3. The van der Waals surface area contributed by atoms with E-state index in [1.807, 2.05) is 37.3 Å². The SMILES string of the molecule is Cc1ccc(CN2CCN(C/C=C/c3ccco3)CC2CCO)o1. The Morgan fingerprint density at radius 3 is 2.92 bits per heavy atom. The first-order valence-corrected chi connectivity index (χ1v) is 8.57. The number of rotatable bonds is 7. The Morgan fingerprint density at radius 2 is 2.21 bits per heavy atom. The molecule has 1 N–H and O–H groups in total. The maximum absolute atomic E-state index is 9.40. The van der Waals surface area contributed by atoms with Crippen molar-refractivity contribution in [3.05, 3.63) is 53.9 Å². The standard InChI is InChI=1S/C19H26N2O3/c1-16-6-7-19(24-16)15-21-11-10-20(14-17(21)8-12-22)9-2-4-18-5-3-13-23-18/h2-7,13,17,22H,8-12,14-15H2,1H3/b4-2+. The van der Waals surface area contributed by atoms with Crippen LogP contribution in [0.4, 0.5) is 0 Å². The number of hydrogen-bond donors (Lipinski definition) is 1. The molecule has 0 amide bonds. The monoisotopic (exact) mass is 330 g/mol. The summed E-state index contributed by atoms with van der Waals surface area (Å²) >= 11 is 0. The van der Waals surface area contributed by atoms with E-state index in [1.54, 1.807) is 6.26 Å². The Morgan fingerprint density at radius 1 is 1.29 bits per heavy atom. The zero-order valence-electron chi connectivity index (χ0n) is 14.2. The summed E-state index contributed by atoms with van der Waals surface area (Å²) in [5.41, 5.74) is 0. The lowest BCUT2D eigenvalue weighted by atomic mass is 10.1. The van der Waals surface area contributed by atoms with Crippen molar-refractivity contribution in [1.82, 2.24) is 9.80 Å². The summed E-state index contributed by atoms with van der Waals surface area (Å²) in [4.78, 5) is 4.84. The van der Waals surface area contributed by atoms with E-state index in [1.165, 1.54) is 0 Å². The smallest absolute Gasteiger partial charge is 0.126 e. The lowest BCUT2D eigenvalue weighted by Crippen LogP contribution is -2.52. The van der Waals surface area contributed by atoms with Gasteiger partial charge in [-0.25, -0.2) is 0 Å². The first-order valence-electron chi connectivity index (χ1n) is 8.57. The van der Waals surface area contributed by atoms with E-state index >= 15 is 0 Å². The molecule has 2 aromatic heterocycles. The van der Waals surface area contributed by atoms with Crippen LogP contribution in [0, 0.1) is 6.92 Å². The third-order valence-electron chi connectivity index (χ3n) is 4.49. The van der Waals surface area contributed by atoms with Crippen LogP contribution in [0.15, 0.2) is 45.4 Å². The summed E-state index contributed by atoms with van der Waals surface area (Å²) in [7, 11) is 0. The highest BCUT2D eigenvalue weighted by Gasteiger charge is 2.26. The highest BCUT2D eigenvalue weighted by molar-refractivity contribution is 5.42. The molecule has 5 heteroatoms. The molecule has 0 spiro atoms. The molecule has 1 saturated heterocycles. The number of hydrogen-bond acceptors (Lipinski definition) is 5. The van der Waals surface area contributed by atoms with Gasteiger partial charge in [0.1, 0.15) is 17.3 Å². The van der Waals surface area contributed by atoms with Crippen LogP contribution in [0.1, 0.15) is 23.7 Å². The lowest BCUT2D eigenvalue weighted by Gasteiger charge is -2.40. The lowest BCUT2D eigenvalue weighted by molar-refractivity contribution is 0.0547. The molecule has 3 heterocycles. The maximum Gasteiger partial charge on any atom is 0.126 e. The molecule has 3 rings (SSSR count). The highest BCUT2D eigenvalue weighted by atomic mass is 16.3. The van der Waals surface area contributed by atoms with Crippen molar-refractivity contribution in [2.45, 2.75) is 25.9 Å². The van der Waals surface area contributed by atoms with Crippen molar-refractivity contribution in [2.24, 2.45) is 0 Å². The van der Waals surface area contributed by atoms with Crippen LogP contribution in [-0.2, 0) is 6.54 Å². The average molecular weight is 330 g/mol. The van der Waals surface area contributed by atoms with E-state index in [0.29, 0.717) is 6.04 Å². The third kappa shape index (κ3) is 4.60. The second-order valence-corrected chi connectivity index (χ2v) is 6.33. The first-order chi connectivity index (χ1) is 11.7. The van der Waals surface area contributed by atoms with Crippen molar-refractivity contribution in [3.63, 3.8) is 0 Å². The number of aliphatic hydroxyl groups excluding tert-OH is 1. The van der Waals surface area contributed by atoms with Crippen molar-refractivity contribution in [1.29, 1.82) is 0 Å². The van der Waals surface area contributed by atoms with Gasteiger partial charge in [-0.3, -0.25) is 9.80 Å². The summed E-state index contributed by atoms with van der Waals surface area (Å²) in [5.74, 6) is 2.83. The van der Waals surface area contributed by atoms with Gasteiger partial charge in [-0.1, -0.05) is 6.08 Å². The predicted molar refractivity (Wildman–Crippen MR) is 93.5 cm³/mol. The van der Waals surface area contributed by atoms with Crippen LogP contribution in [0.5, 0.6) is 0 Å². The van der Waals surface area contributed by atoms with Gasteiger partial charge in [0.25, 0.3) is 0 Å². The van der Waals surface area contributed by atoms with Gasteiger partial charge in [0.2, 0.25) is 0 Å². The van der Waals surface area contributed by atoms with Gasteiger partial charge in [-0.15, -0.1) is 0 Å². The fourth-order valence-electron chi connectivity index (χ4n) is 3.23. The molecule has 5 nitrogen and oxygen atoms in total. The summed E-state index contributed by atoms with van der Waals surface area (Å²) in [6.07, 6.45) is 6.63. The molecule has 1 atom stereocenters. The van der Waals surface area contributed by atoms with Gasteiger partial charge in [0.05, 0.1) is 12.8 Å². The van der Waals surface area contributed by atoms with Crippen molar-refractivity contribution >= 4 is 6.08 Å². The van der Waals surface area contributed by atoms with Crippen molar-refractivity contribution in [2.75, 3.05) is 32.8 Å². The second kappa shape index (κ2) is 8.33. The van der Waals surface area contributed by atoms with Crippen LogP contribution < -0.4 is 0 Å². The summed E-state index contributed by atoms with van der Waals surface area (Å²) in [5, 5.41) is 9.40. The van der Waals surface area contributed by atoms with E-state index in [-0.39, 0.29) is 6.61 Å². The minimum atomic E-state index is 0.217. The molecule has 0 radical (unpaired) electrons. The van der Waals surface area contributed by atoms with E-state index in [4.69, 9.17) is 8.83 Å². The third-order valence-corrected chi connectivity index (χ3v) is 4.49. The molecule has 1 unspecified atom stereocenters. The van der Waals surface area contributed by atoms with Crippen LogP contribution in [-0.4, -0.2) is 53.7 Å². The number of aryl methyl sites for hydroxylation is 1. The summed E-state index contributed by atoms with van der Waals surface area (Å²) in [6.45, 7) is 6.86. The summed E-state index contributed by atoms with van der Waals surface area (Å²) in [6, 6.07) is 8.25. The normalized spacial score (nSPS) is 20.2. The summed E-state index contributed by atoms with van der Waals surface area (Å²) < 4.78 is 11.0. The Balaban J connectivity index is 1.54. The molecule has 24 heavy (non-hydrogen) atoms. The van der Waals surface area contributed by atoms with E-state index in [0.717, 1.165) is 56.4 Å². The molecular weight excluding hydrogens is 304 g/mol. The Labute approximate surface area is 143 Å². The molecule has 0 bridgehead atoms. The fraction of sp³-hybridized carbons (Fsp3) is 0.474. The minimum Gasteiger partial charge on any atom is -0.465 e. The largest absolute Gasteiger partial charge is 0.465 e. The van der Waals surface area contributed by atoms with E-state index < -0.39 is 0 Å². The Kier molecular flexibility index (Phi) is 5.91. The molecule has 1 aliphatic heterocycles. The predicted octanol–water partition coefficient (Wildman–Crippen LogP) is 2.76. The minimum absolute atomic E-state index is 0.217. The number of piperazine rings is 1. The van der Waals surface area contributed by atoms with E-state index in [9.17, 15) is 5.11 Å². The topological polar surface area (TPSA) is 53.0 Å². The van der Waals surface area contributed by atoms with Gasteiger partial charge in [0, 0.05) is 38.8 Å². The van der Waals surface area contributed by atoms with Gasteiger partial charge in [0.15, 0.2) is 0 Å². The maximum atomic E-state index is 9.40. The number of aliphatic hydroxyl groups is 1. The molecule has 2 aromatic rings. The number of furan rings is 2. The molecule has 130 valence electrons. The Hall–Kier alpha value is -1.82. The zero-order chi connectivity index (χ0) is 16.8. The van der Waals surface area contributed by atoms with Gasteiger partial charge >= 0.3 is 0 Å². The molecule has 1 fully saturated rings. The Bertz CT molecular complexity index is 633. The van der Waals surface area contributed by atoms with Crippen molar-refractivity contribution in [3.8, 4) is 0 Å². The van der Waals surface area contributed by atoms with Crippen LogP contribution in [0.25, 0.3) is 6.08 Å². The zero-order valence-corrected chi connectivity index (χ0v) is 14.2. The van der Waals surface area contributed by atoms with Crippen LogP contribution in [0.3, 0.4) is 0 Å². The van der Waals surface area contributed by atoms with Gasteiger partial charge < -0.3 is 13.9 Å². The second-order valence-electron chi connectivity index (χ2n) is 6.33. The van der Waals surface area contributed by atoms with Crippen LogP contribution >= 0.6 is 0 Å². The molecule has 0 aliphatic carbocycles. The van der Waals surface area contributed by atoms with E-state index in [2.05, 4.69) is 15.9 Å². The molecule has 0 aromatic carbocycles. The average Bonchev–Trinajstić information content (AvgIpc) is 3.22. The first kappa shape index (κ1) is 17.0. The highest BCUT2D eigenvalue weighted by Crippen LogP contribution is 2.18. The quantitative estimate of drug-likeness (QED) is 0.846. The van der Waals surface area contributed by atoms with Gasteiger partial charge in [-0.2, -0.15) is 0 Å². The molecule has 0 saturated carbocycles. The van der Waals surface area contributed by atoms with Crippen LogP contribution in [0.2, 0.25) is 0 Å².